The molecule has 4 saturated carbocycles. The van der Waals surface area contributed by atoms with Crippen molar-refractivity contribution in [2.45, 2.75) is 90.0 Å². The van der Waals surface area contributed by atoms with Gasteiger partial charge in [0.25, 0.3) is 0 Å². The van der Waals surface area contributed by atoms with Crippen LogP contribution in [0, 0.1) is 52.3 Å². The third-order valence-corrected chi connectivity index (χ3v) is 10.1. The number of nitriles is 1. The fourth-order valence-corrected chi connectivity index (χ4v) is 8.59. The minimum atomic E-state index is -4.74. The minimum Gasteiger partial charge on any atom is -0.297 e. The predicted molar refractivity (Wildman–Crippen MR) is 117 cm³/mol. The summed E-state index contributed by atoms with van der Waals surface area (Å²) in [4.78, 5) is 13.3. The summed E-state index contributed by atoms with van der Waals surface area (Å²) in [5, 5.41) is 12.6. The fourth-order valence-electron chi connectivity index (χ4n) is 8.59. The normalized spacial score (nSPS) is 41.8. The first-order valence-corrected chi connectivity index (χ1v) is 12.7. The number of aromatic nitrogens is 2. The Bertz CT molecular complexity index is 1010. The Kier molecular flexibility index (Phi) is 5.65. The summed E-state index contributed by atoms with van der Waals surface area (Å²) in [6, 6.07) is 1.53. The maximum Gasteiger partial charge on any atom is 0.436 e. The molecule has 5 rings (SSSR count). The topological polar surface area (TPSA) is 58.7 Å². The number of halogens is 4. The van der Waals surface area contributed by atoms with Crippen LogP contribution in [0.15, 0.2) is 6.20 Å². The molecule has 4 aliphatic carbocycles. The van der Waals surface area contributed by atoms with Crippen LogP contribution >= 0.6 is 0 Å². The van der Waals surface area contributed by atoms with Crippen molar-refractivity contribution >= 4 is 5.78 Å². The lowest BCUT2D eigenvalue weighted by Crippen LogP contribution is -2.56. The summed E-state index contributed by atoms with van der Waals surface area (Å²) in [7, 11) is 0. The van der Waals surface area contributed by atoms with Gasteiger partial charge in [0.2, 0.25) is 0 Å². The molecule has 2 unspecified atom stereocenters. The predicted octanol–water partition coefficient (Wildman–Crippen LogP) is 6.34. The summed E-state index contributed by atoms with van der Waals surface area (Å²) in [5.74, 6) is 1.02. The second-order valence-corrected chi connectivity index (χ2v) is 11.8. The summed E-state index contributed by atoms with van der Waals surface area (Å²) >= 11 is 0. The number of carbonyl (C=O) groups excluding carboxylic acids is 1. The molecule has 0 amide bonds. The Morgan fingerprint density at radius 2 is 1.94 bits per heavy atom. The van der Waals surface area contributed by atoms with Crippen molar-refractivity contribution < 1.29 is 22.4 Å². The largest absolute Gasteiger partial charge is 0.436 e. The number of rotatable bonds is 3. The molecule has 4 fully saturated rings. The Morgan fingerprint density at radius 1 is 1.18 bits per heavy atom. The van der Waals surface area contributed by atoms with Gasteiger partial charge >= 0.3 is 6.18 Å². The van der Waals surface area contributed by atoms with Gasteiger partial charge < -0.3 is 0 Å². The van der Waals surface area contributed by atoms with Crippen LogP contribution in [0.25, 0.3) is 0 Å². The van der Waals surface area contributed by atoms with Gasteiger partial charge in [-0.3, -0.25) is 9.48 Å². The minimum absolute atomic E-state index is 0.0734. The van der Waals surface area contributed by atoms with Crippen LogP contribution in [0.1, 0.15) is 82.9 Å². The number of hydrogen-bond acceptors (Lipinski definition) is 3. The van der Waals surface area contributed by atoms with E-state index >= 15 is 4.39 Å². The molecule has 1 heterocycles. The molecule has 4 aliphatic rings. The molecule has 1 aromatic heterocycles. The lowest BCUT2D eigenvalue weighted by atomic mass is 9.48. The molecule has 0 aromatic carbocycles. The zero-order valence-corrected chi connectivity index (χ0v) is 19.9. The van der Waals surface area contributed by atoms with Gasteiger partial charge in [-0.1, -0.05) is 13.8 Å². The number of Topliss-reactive ketones (excluding diaryl/α,β-unsaturated/α-hetero) is 1. The van der Waals surface area contributed by atoms with E-state index in [1.165, 1.54) is 6.07 Å². The van der Waals surface area contributed by atoms with Crippen molar-refractivity contribution in [1.29, 1.82) is 5.26 Å². The van der Waals surface area contributed by atoms with Crippen LogP contribution < -0.4 is 0 Å². The molecular formula is C26H33F4N3O. The average Bonchev–Trinajstić information content (AvgIpc) is 3.34. The Hall–Kier alpha value is -1.91. The standard InChI is InChI=1S/C26H33F4N3O/c1-15-7-10-25(27)17(11-15)3-4-18-19-5-6-21(24(19,2)9-8-20(18)25)22(34)14-33-13-16(12-31)23(32-33)26(28,29)30/h13,15,17-21H,3-11,14H2,1-2H3/t15-,17+,18-,19?,20?,21+,24-,25+/m0/s1. The van der Waals surface area contributed by atoms with Crippen LogP contribution in [0.3, 0.4) is 0 Å². The van der Waals surface area contributed by atoms with Crippen LogP contribution in [0.2, 0.25) is 0 Å². The molecule has 0 spiro atoms. The van der Waals surface area contributed by atoms with Gasteiger partial charge in [-0.25, -0.2) is 4.39 Å². The van der Waals surface area contributed by atoms with Gasteiger partial charge in [0.1, 0.15) is 17.3 Å². The molecule has 4 nitrogen and oxygen atoms in total. The van der Waals surface area contributed by atoms with Crippen LogP contribution in [-0.2, 0) is 17.5 Å². The van der Waals surface area contributed by atoms with Gasteiger partial charge in [-0.15, -0.1) is 0 Å². The molecule has 0 saturated heterocycles. The molecule has 186 valence electrons. The smallest absolute Gasteiger partial charge is 0.297 e. The molecule has 1 aromatic rings. The van der Waals surface area contributed by atoms with E-state index in [0.717, 1.165) is 55.8 Å². The van der Waals surface area contributed by atoms with Gasteiger partial charge in [-0.05, 0) is 92.8 Å². The van der Waals surface area contributed by atoms with E-state index in [1.54, 1.807) is 0 Å². The zero-order chi connectivity index (χ0) is 24.5. The van der Waals surface area contributed by atoms with Crippen LogP contribution in [0.4, 0.5) is 17.6 Å². The highest BCUT2D eigenvalue weighted by atomic mass is 19.4. The number of alkyl halides is 4. The zero-order valence-electron chi connectivity index (χ0n) is 19.9. The monoisotopic (exact) mass is 479 g/mol. The van der Waals surface area contributed by atoms with Crippen molar-refractivity contribution in [3.8, 4) is 6.07 Å². The van der Waals surface area contributed by atoms with Gasteiger partial charge in [0, 0.05) is 12.1 Å². The van der Waals surface area contributed by atoms with Crippen molar-refractivity contribution in [2.24, 2.45) is 40.9 Å². The average molecular weight is 480 g/mol. The number of fused-ring (bicyclic) bond motifs is 5. The highest BCUT2D eigenvalue weighted by Crippen LogP contribution is 2.66. The van der Waals surface area contributed by atoms with Crippen LogP contribution in [0.5, 0.6) is 0 Å². The molecule has 0 N–H and O–H groups in total. The number of hydrogen-bond donors (Lipinski definition) is 0. The number of nitrogens with zero attached hydrogens (tertiary/aromatic N) is 3. The highest BCUT2D eigenvalue weighted by Gasteiger charge is 2.62. The Balaban J connectivity index is 1.33. The fraction of sp³-hybridized carbons (Fsp3) is 0.808. The lowest BCUT2D eigenvalue weighted by Gasteiger charge is -2.58. The Morgan fingerprint density at radius 3 is 2.62 bits per heavy atom. The molecule has 0 bridgehead atoms. The van der Waals surface area contributed by atoms with Gasteiger partial charge in [0.15, 0.2) is 11.5 Å². The van der Waals surface area contributed by atoms with Crippen molar-refractivity contribution in [3.63, 3.8) is 0 Å². The van der Waals surface area contributed by atoms with E-state index in [2.05, 4.69) is 18.9 Å². The van der Waals surface area contributed by atoms with Gasteiger partial charge in [0.05, 0.1) is 6.54 Å². The SMILES string of the molecule is C[C@H]1CC[C@]2(F)C3CC[C@@]4(C)C(CC[C@@H]4C(=O)Cn4cc(C#N)c(C(F)(F)F)n4)[C@@H]3CC[C@@H]2C1. The first kappa shape index (κ1) is 23.8. The molecule has 0 radical (unpaired) electrons. The third-order valence-electron chi connectivity index (χ3n) is 10.1. The quantitative estimate of drug-likeness (QED) is 0.476. The van der Waals surface area contributed by atoms with E-state index in [0.29, 0.717) is 18.8 Å². The lowest BCUT2D eigenvalue weighted by molar-refractivity contribution is -0.147. The van der Waals surface area contributed by atoms with E-state index in [1.807, 2.05) is 0 Å². The second kappa shape index (κ2) is 8.06. The van der Waals surface area contributed by atoms with E-state index < -0.39 is 23.1 Å². The maximum atomic E-state index is 16.4. The van der Waals surface area contributed by atoms with Crippen molar-refractivity contribution in [2.75, 3.05) is 0 Å². The van der Waals surface area contributed by atoms with Crippen molar-refractivity contribution in [1.82, 2.24) is 9.78 Å². The van der Waals surface area contributed by atoms with Crippen molar-refractivity contribution in [3.05, 3.63) is 17.5 Å². The molecule has 8 atom stereocenters. The first-order chi connectivity index (χ1) is 16.0. The van der Waals surface area contributed by atoms with Crippen LogP contribution in [-0.4, -0.2) is 21.2 Å². The number of carbonyl (C=O) groups is 1. The molecular weight excluding hydrogens is 446 g/mol. The van der Waals surface area contributed by atoms with Gasteiger partial charge in [-0.2, -0.15) is 23.5 Å². The molecule has 0 aliphatic heterocycles. The molecule has 8 heteroatoms. The van der Waals surface area contributed by atoms with E-state index in [-0.39, 0.29) is 47.3 Å². The first-order valence-electron chi connectivity index (χ1n) is 12.7. The second-order valence-electron chi connectivity index (χ2n) is 11.8. The Labute approximate surface area is 198 Å². The summed E-state index contributed by atoms with van der Waals surface area (Å²) in [6.07, 6.45) is 3.99. The highest BCUT2D eigenvalue weighted by molar-refractivity contribution is 5.82. The van der Waals surface area contributed by atoms with E-state index in [4.69, 9.17) is 5.26 Å². The summed E-state index contributed by atoms with van der Waals surface area (Å²) in [5.41, 5.74) is -3.13. The molecule has 34 heavy (non-hydrogen) atoms. The summed E-state index contributed by atoms with van der Waals surface area (Å²) < 4.78 is 56.9. The summed E-state index contributed by atoms with van der Waals surface area (Å²) in [6.45, 7) is 4.11. The van der Waals surface area contributed by atoms with E-state index in [9.17, 15) is 18.0 Å². The third kappa shape index (κ3) is 3.60. The number of ketones is 1. The maximum absolute atomic E-state index is 16.4.